The summed E-state index contributed by atoms with van der Waals surface area (Å²) in [5.74, 6) is 0. The minimum absolute atomic E-state index is 0.745. The van der Waals surface area contributed by atoms with Gasteiger partial charge < -0.3 is 15.7 Å². The fourth-order valence-corrected chi connectivity index (χ4v) is 3.25. The Bertz CT molecular complexity index is 932. The molecule has 4 rings (SSSR count). The van der Waals surface area contributed by atoms with E-state index in [2.05, 4.69) is 41.8 Å². The second kappa shape index (κ2) is 6.46. The molecule has 3 aromatic rings. The molecule has 0 fully saturated rings. The molecule has 3 N–H and O–H groups in total. The molecule has 0 bridgehead atoms. The maximum atomic E-state index is 10.7. The molecule has 0 saturated carbocycles. The Morgan fingerprint density at radius 1 is 0.920 bits per heavy atom. The first-order valence-electron chi connectivity index (χ1n) is 8.39. The van der Waals surface area contributed by atoms with Gasteiger partial charge in [-0.05, 0) is 36.2 Å². The summed E-state index contributed by atoms with van der Waals surface area (Å²) in [5.41, 5.74) is 6.98. The molecule has 1 heterocycles. The highest BCUT2D eigenvalue weighted by atomic mass is 16.3. The minimum atomic E-state index is -0.745. The highest BCUT2D eigenvalue weighted by Crippen LogP contribution is 2.39. The topological polar surface area (TPSA) is 44.3 Å². The highest BCUT2D eigenvalue weighted by molar-refractivity contribution is 6.03. The fourth-order valence-electron chi connectivity index (χ4n) is 3.25. The largest absolute Gasteiger partial charge is 0.369 e. The monoisotopic (exact) mass is 328 g/mol. The molecule has 0 aliphatic carbocycles. The number of fused-ring (bicyclic) bond motifs is 1. The number of para-hydroxylation sites is 1. The number of aliphatic hydroxyl groups excluding tert-OH is 1. The Labute approximate surface area is 147 Å². The summed E-state index contributed by atoms with van der Waals surface area (Å²) in [6, 6.07) is 26.3. The maximum absolute atomic E-state index is 10.7. The Morgan fingerprint density at radius 2 is 1.68 bits per heavy atom. The average Bonchev–Trinajstić information content (AvgIpc) is 2.96. The summed E-state index contributed by atoms with van der Waals surface area (Å²) < 4.78 is 0. The Hall–Kier alpha value is -3.04. The summed E-state index contributed by atoms with van der Waals surface area (Å²) >= 11 is 0. The molecular formula is C22H20N2O. The van der Waals surface area contributed by atoms with Crippen molar-refractivity contribution in [3.8, 4) is 0 Å². The van der Waals surface area contributed by atoms with Crippen molar-refractivity contribution in [2.45, 2.75) is 13.2 Å². The molecule has 0 amide bonds. The first-order valence-corrected chi connectivity index (χ1v) is 8.39. The van der Waals surface area contributed by atoms with Gasteiger partial charge in [0.2, 0.25) is 0 Å². The molecule has 3 heteroatoms. The van der Waals surface area contributed by atoms with Crippen LogP contribution in [0.2, 0.25) is 0 Å². The van der Waals surface area contributed by atoms with E-state index in [4.69, 9.17) is 0 Å². The third kappa shape index (κ3) is 3.02. The van der Waals surface area contributed by atoms with Gasteiger partial charge in [-0.25, -0.2) is 0 Å². The Balaban J connectivity index is 1.89. The summed E-state index contributed by atoms with van der Waals surface area (Å²) in [5, 5.41) is 17.3. The molecule has 1 aliphatic rings. The third-order valence-corrected chi connectivity index (χ3v) is 4.40. The molecule has 1 aliphatic heterocycles. The Morgan fingerprint density at radius 3 is 2.48 bits per heavy atom. The van der Waals surface area contributed by atoms with Gasteiger partial charge in [0.05, 0.1) is 5.70 Å². The Kier molecular flexibility index (Phi) is 4.00. The molecule has 0 saturated heterocycles. The minimum Gasteiger partial charge on any atom is -0.369 e. The van der Waals surface area contributed by atoms with Gasteiger partial charge in [-0.1, -0.05) is 60.7 Å². The van der Waals surface area contributed by atoms with E-state index in [9.17, 15) is 5.11 Å². The molecule has 25 heavy (non-hydrogen) atoms. The first-order chi connectivity index (χ1) is 12.2. The van der Waals surface area contributed by atoms with Gasteiger partial charge in [-0.15, -0.1) is 0 Å². The lowest BCUT2D eigenvalue weighted by Gasteiger charge is -2.18. The summed E-state index contributed by atoms with van der Waals surface area (Å²) in [6.45, 7) is 2.07. The van der Waals surface area contributed by atoms with Gasteiger partial charge in [0.25, 0.3) is 0 Å². The second-order valence-electron chi connectivity index (χ2n) is 6.24. The van der Waals surface area contributed by atoms with Gasteiger partial charge >= 0.3 is 0 Å². The van der Waals surface area contributed by atoms with Crippen LogP contribution >= 0.6 is 0 Å². The molecule has 1 unspecified atom stereocenters. The molecule has 0 spiro atoms. The molecule has 1 atom stereocenters. The molecular weight excluding hydrogens is 308 g/mol. The van der Waals surface area contributed by atoms with E-state index in [0.717, 1.165) is 33.8 Å². The fraction of sp³-hybridized carbons (Fsp3) is 0.0909. The predicted molar refractivity (Wildman–Crippen MR) is 104 cm³/mol. The summed E-state index contributed by atoms with van der Waals surface area (Å²) in [4.78, 5) is 0. The summed E-state index contributed by atoms with van der Waals surface area (Å²) in [6.07, 6.45) is -0.745. The summed E-state index contributed by atoms with van der Waals surface area (Å²) in [7, 11) is 0. The van der Waals surface area contributed by atoms with Crippen molar-refractivity contribution in [1.82, 2.24) is 0 Å². The zero-order valence-corrected chi connectivity index (χ0v) is 14.0. The van der Waals surface area contributed by atoms with Crippen molar-refractivity contribution in [2.75, 3.05) is 10.6 Å². The van der Waals surface area contributed by atoms with Crippen LogP contribution in [0.25, 0.3) is 11.3 Å². The number of aliphatic hydroxyl groups is 1. The van der Waals surface area contributed by atoms with Gasteiger partial charge in [-0.2, -0.15) is 0 Å². The number of anilines is 2. The number of benzene rings is 3. The number of aryl methyl sites for hydroxylation is 1. The van der Waals surface area contributed by atoms with Crippen LogP contribution < -0.4 is 10.6 Å². The lowest BCUT2D eigenvalue weighted by Crippen LogP contribution is -2.16. The average molecular weight is 328 g/mol. The predicted octanol–water partition coefficient (Wildman–Crippen LogP) is 4.72. The van der Waals surface area contributed by atoms with E-state index in [-0.39, 0.29) is 0 Å². The van der Waals surface area contributed by atoms with Crippen molar-refractivity contribution in [2.24, 2.45) is 0 Å². The molecule has 0 aromatic heterocycles. The van der Waals surface area contributed by atoms with Crippen LogP contribution in [0.4, 0.5) is 11.4 Å². The van der Waals surface area contributed by atoms with E-state index in [1.54, 1.807) is 0 Å². The van der Waals surface area contributed by atoms with E-state index in [1.807, 2.05) is 54.6 Å². The highest BCUT2D eigenvalue weighted by Gasteiger charge is 2.28. The lowest BCUT2D eigenvalue weighted by molar-refractivity contribution is 0.266. The quantitative estimate of drug-likeness (QED) is 0.652. The van der Waals surface area contributed by atoms with Crippen molar-refractivity contribution in [3.05, 3.63) is 95.6 Å². The van der Waals surface area contributed by atoms with Crippen LogP contribution in [0, 0.1) is 6.92 Å². The van der Waals surface area contributed by atoms with Crippen molar-refractivity contribution < 1.29 is 5.11 Å². The van der Waals surface area contributed by atoms with Crippen LogP contribution in [0.3, 0.4) is 0 Å². The van der Waals surface area contributed by atoms with Gasteiger partial charge in [0, 0.05) is 22.5 Å². The van der Waals surface area contributed by atoms with Crippen molar-refractivity contribution >= 4 is 22.6 Å². The number of nitrogens with one attached hydrogen (secondary N) is 2. The van der Waals surface area contributed by atoms with E-state index in [1.165, 1.54) is 5.56 Å². The van der Waals surface area contributed by atoms with Gasteiger partial charge in [0.15, 0.2) is 6.23 Å². The third-order valence-electron chi connectivity index (χ3n) is 4.40. The maximum Gasteiger partial charge on any atom is 0.153 e. The second-order valence-corrected chi connectivity index (χ2v) is 6.24. The molecule has 3 nitrogen and oxygen atoms in total. The zero-order chi connectivity index (χ0) is 17.2. The molecule has 0 radical (unpaired) electrons. The van der Waals surface area contributed by atoms with Gasteiger partial charge in [-0.3, -0.25) is 0 Å². The van der Waals surface area contributed by atoms with Crippen LogP contribution in [-0.4, -0.2) is 11.3 Å². The number of hydrogen-bond acceptors (Lipinski definition) is 3. The standard InChI is InChI=1S/C22H20N2O/c1-15-8-7-11-17(14-15)23-21(16-9-3-2-4-10-16)20-18-12-5-6-13-19(18)24-22(20)25/h2-14,22-25H,1H3/b21-20-. The van der Waals surface area contributed by atoms with E-state index < -0.39 is 6.23 Å². The SMILES string of the molecule is Cc1cccc(N/C(=C2/c3ccccc3NC2O)c2ccccc2)c1. The number of hydrogen-bond donors (Lipinski definition) is 3. The van der Waals surface area contributed by atoms with Crippen LogP contribution in [0.1, 0.15) is 16.7 Å². The van der Waals surface area contributed by atoms with Crippen LogP contribution in [0.5, 0.6) is 0 Å². The van der Waals surface area contributed by atoms with Crippen LogP contribution in [-0.2, 0) is 0 Å². The number of rotatable bonds is 3. The van der Waals surface area contributed by atoms with Crippen molar-refractivity contribution in [3.63, 3.8) is 0 Å². The van der Waals surface area contributed by atoms with E-state index in [0.29, 0.717) is 0 Å². The smallest absolute Gasteiger partial charge is 0.153 e. The lowest BCUT2D eigenvalue weighted by atomic mass is 9.99. The normalized spacial score (nSPS) is 17.6. The van der Waals surface area contributed by atoms with E-state index >= 15 is 0 Å². The first kappa shape index (κ1) is 15.5. The zero-order valence-electron chi connectivity index (χ0n) is 14.0. The van der Waals surface area contributed by atoms with Gasteiger partial charge in [0.1, 0.15) is 0 Å². The van der Waals surface area contributed by atoms with Crippen molar-refractivity contribution in [1.29, 1.82) is 0 Å². The molecule has 3 aromatic carbocycles. The molecule has 124 valence electrons. The van der Waals surface area contributed by atoms with Crippen LogP contribution in [0.15, 0.2) is 78.9 Å².